The van der Waals surface area contributed by atoms with E-state index in [1.807, 2.05) is 0 Å². The molecule has 544 valence electrons. The van der Waals surface area contributed by atoms with Gasteiger partial charge >= 0.3 is 19.5 Å². The first kappa shape index (κ1) is 97.6. The first-order valence-electron chi connectivity index (χ1n) is 41.4. The first-order chi connectivity index (χ1) is 44.2. The van der Waals surface area contributed by atoms with Gasteiger partial charge in [-0.25, -0.2) is 0 Å². The van der Waals surface area contributed by atoms with Gasteiger partial charge in [0.25, 0.3) is 0 Å². The van der Waals surface area contributed by atoms with E-state index in [0.717, 1.165) is 37.2 Å². The molecule has 0 aromatic carbocycles. The van der Waals surface area contributed by atoms with E-state index in [-0.39, 0.29) is 19.5 Å². The van der Waals surface area contributed by atoms with E-state index in [1.165, 1.54) is 459 Å². The molecule has 0 radical (unpaired) electrons. The van der Waals surface area contributed by atoms with E-state index in [4.69, 9.17) is 32.7 Å². The van der Waals surface area contributed by atoms with Crippen LogP contribution in [0.2, 0.25) is 0 Å². The fraction of sp³-hybridized carbons (Fsp3) is 1.00. The summed E-state index contributed by atoms with van der Waals surface area (Å²) >= 11 is 13.4. The van der Waals surface area contributed by atoms with Crippen molar-refractivity contribution in [2.75, 3.05) is 24.7 Å². The van der Waals surface area contributed by atoms with Crippen LogP contribution in [0.1, 0.15) is 490 Å². The summed E-state index contributed by atoms with van der Waals surface area (Å²) in [5.74, 6) is 1.78. The molecule has 0 saturated heterocycles. The molecule has 0 aromatic rings. The topological polar surface area (TPSA) is 64.6 Å². The molecule has 0 spiro atoms. The van der Waals surface area contributed by atoms with Crippen LogP contribution in [0.25, 0.3) is 0 Å². The molecule has 0 aliphatic rings. The monoisotopic (exact) mass is 1440 g/mol. The molecular formula is C80H164O4P2S4Zn. The van der Waals surface area contributed by atoms with Gasteiger partial charge in [-0.15, -0.1) is 22.8 Å². The maximum atomic E-state index is 12.5. The van der Waals surface area contributed by atoms with Crippen LogP contribution in [0.5, 0.6) is 0 Å². The number of unbranched alkanes of at least 4 members (excludes halogenated alkanes) is 68. The smallest absolute Gasteiger partial charge is 0.793 e. The van der Waals surface area contributed by atoms with Gasteiger partial charge in [0.05, 0.1) is 13.2 Å². The van der Waals surface area contributed by atoms with Gasteiger partial charge in [-0.3, -0.25) is 0 Å². The Kier molecular flexibility index (Phi) is 93.0. The molecule has 0 bridgehead atoms. The zero-order chi connectivity index (χ0) is 65.6. The van der Waals surface area contributed by atoms with Crippen molar-refractivity contribution < 1.29 is 38.3 Å². The second-order valence-corrected chi connectivity index (χ2v) is 40.6. The molecule has 0 N–H and O–H groups in total. The van der Waals surface area contributed by atoms with E-state index >= 15 is 0 Å². The minimum atomic E-state index is -2.88. The Morgan fingerprint density at radius 3 is 0.440 bits per heavy atom. The van der Waals surface area contributed by atoms with Crippen molar-refractivity contribution in [2.24, 2.45) is 0 Å². The summed E-state index contributed by atoms with van der Waals surface area (Å²) in [6.07, 6.45) is 99.6. The normalized spacial score (nSPS) is 12.9. The molecule has 4 nitrogen and oxygen atoms in total. The fourth-order valence-electron chi connectivity index (χ4n) is 12.8. The third-order valence-electron chi connectivity index (χ3n) is 19.0. The summed E-state index contributed by atoms with van der Waals surface area (Å²) < 4.78 is 11.3. The van der Waals surface area contributed by atoms with E-state index < -0.39 is 11.4 Å². The van der Waals surface area contributed by atoms with Gasteiger partial charge in [-0.05, 0) is 37.2 Å². The van der Waals surface area contributed by atoms with Crippen LogP contribution in [-0.2, 0) is 52.1 Å². The molecule has 0 aromatic heterocycles. The molecule has 0 fully saturated rings. The summed E-state index contributed by atoms with van der Waals surface area (Å²) in [6, 6.07) is 0. The van der Waals surface area contributed by atoms with Crippen LogP contribution in [0.3, 0.4) is 0 Å². The van der Waals surface area contributed by atoms with Crippen LogP contribution in [0, 0.1) is 0 Å². The summed E-state index contributed by atoms with van der Waals surface area (Å²) in [5.41, 5.74) is -5.76. The van der Waals surface area contributed by atoms with Crippen LogP contribution in [-0.4, -0.2) is 24.7 Å². The maximum absolute atomic E-state index is 12.5. The van der Waals surface area contributed by atoms with Crippen molar-refractivity contribution in [1.29, 1.82) is 0 Å². The van der Waals surface area contributed by atoms with Crippen LogP contribution < -0.4 is 9.79 Å². The number of rotatable bonds is 80. The van der Waals surface area contributed by atoms with Gasteiger partial charge in [-0.1, -0.05) is 488 Å². The molecule has 2 unspecified atom stereocenters. The molecular weight excluding hydrogens is 1280 g/mol. The molecule has 11 heteroatoms. The van der Waals surface area contributed by atoms with E-state index in [2.05, 4.69) is 27.7 Å². The SMILES string of the molecule is CCCCCCCCCCCCCCCCCCCCOP([O-])(=S)SCCCCCCCCCCCCCCCCCCCC.CCCCCCCCCCCCCCCCCCCCOP([O-])(=S)SCCCCCCCCCCCCCCCCCCCC.[Zn+2]. The zero-order valence-corrected chi connectivity index (χ0v) is 70.6. The van der Waals surface area contributed by atoms with Gasteiger partial charge < -0.3 is 18.8 Å². The quantitative estimate of drug-likeness (QED) is 0.0339. The molecule has 0 rings (SSSR count). The number of hydrogen-bond donors (Lipinski definition) is 0. The fourth-order valence-corrected chi connectivity index (χ4v) is 19.6. The Labute approximate surface area is 606 Å². The minimum absolute atomic E-state index is 0. The van der Waals surface area contributed by atoms with E-state index in [0.29, 0.717) is 13.2 Å². The van der Waals surface area contributed by atoms with Crippen molar-refractivity contribution in [1.82, 2.24) is 0 Å². The van der Waals surface area contributed by atoms with Crippen LogP contribution in [0.15, 0.2) is 0 Å². The Morgan fingerprint density at radius 1 is 0.198 bits per heavy atom. The summed E-state index contributed by atoms with van der Waals surface area (Å²) in [7, 11) is 0. The maximum Gasteiger partial charge on any atom is 2.00 e. The molecule has 0 saturated carbocycles. The Morgan fingerprint density at radius 2 is 0.308 bits per heavy atom. The van der Waals surface area contributed by atoms with Crippen molar-refractivity contribution in [3.63, 3.8) is 0 Å². The molecule has 91 heavy (non-hydrogen) atoms. The molecule has 0 aliphatic carbocycles. The third kappa shape index (κ3) is 92.5. The van der Waals surface area contributed by atoms with Crippen LogP contribution in [0.4, 0.5) is 0 Å². The van der Waals surface area contributed by atoms with E-state index in [1.54, 1.807) is 0 Å². The van der Waals surface area contributed by atoms with Gasteiger partial charge in [0.15, 0.2) is 0 Å². The van der Waals surface area contributed by atoms with E-state index in [9.17, 15) is 9.79 Å². The van der Waals surface area contributed by atoms with Crippen LogP contribution >= 0.6 is 34.2 Å². The molecule has 0 aliphatic heterocycles. The minimum Gasteiger partial charge on any atom is -0.793 e. The Bertz CT molecular complexity index is 1190. The average molecular weight is 1450 g/mol. The van der Waals surface area contributed by atoms with Crippen molar-refractivity contribution in [3.05, 3.63) is 0 Å². The summed E-state index contributed by atoms with van der Waals surface area (Å²) in [5, 5.41) is 0. The first-order valence-corrected chi connectivity index (χ1v) is 49.9. The second kappa shape index (κ2) is 86.7. The van der Waals surface area contributed by atoms with Crippen molar-refractivity contribution in [2.45, 2.75) is 490 Å². The van der Waals surface area contributed by atoms with Gasteiger partial charge in [0.1, 0.15) is 0 Å². The predicted molar refractivity (Wildman–Crippen MR) is 421 cm³/mol. The Balaban J connectivity index is -0.00000168. The summed E-state index contributed by atoms with van der Waals surface area (Å²) in [6.45, 7) is 10.3. The summed E-state index contributed by atoms with van der Waals surface area (Å²) in [4.78, 5) is 25.1. The van der Waals surface area contributed by atoms with Gasteiger partial charge in [0, 0.05) is 11.4 Å². The Hall–Kier alpha value is 2.46. The van der Waals surface area contributed by atoms with Crippen molar-refractivity contribution >= 4 is 57.8 Å². The predicted octanol–water partition coefficient (Wildman–Crippen LogP) is 30.8. The average Bonchev–Trinajstić information content (AvgIpc) is 3.70. The number of hydrogen-bond acceptors (Lipinski definition) is 8. The largest absolute Gasteiger partial charge is 2.00 e. The van der Waals surface area contributed by atoms with Crippen molar-refractivity contribution in [3.8, 4) is 0 Å². The molecule has 0 amide bonds. The zero-order valence-electron chi connectivity index (χ0n) is 62.6. The standard InChI is InChI=1S/2C40H83O2PS2.Zn/c2*1-3-5-7-9-11-13-15-17-19-21-23-25-27-29-31-33-35-37-39-42-43(41,44)45-40-38-36-34-32-30-28-26-24-22-20-18-16-14-12-10-8-6-4-2;/h2*3-40H2,1-2H3,(H,41,44);/q;;+2/p-2. The second-order valence-electron chi connectivity index (χ2n) is 28.3. The van der Waals surface area contributed by atoms with Gasteiger partial charge in [-0.2, -0.15) is 0 Å². The van der Waals surface area contributed by atoms with Gasteiger partial charge in [0.2, 0.25) is 0 Å². The molecule has 2 atom stereocenters. The molecule has 0 heterocycles. The third-order valence-corrected chi connectivity index (χ3v) is 27.7.